The number of carbonyl (C=O) groups is 2. The van der Waals surface area contributed by atoms with Crippen molar-refractivity contribution in [3.05, 3.63) is 0 Å². The summed E-state index contributed by atoms with van der Waals surface area (Å²) < 4.78 is 10.5. The number of ether oxygens (including phenoxy) is 2. The van der Waals surface area contributed by atoms with Crippen molar-refractivity contribution in [2.45, 2.75) is 168 Å². The highest BCUT2D eigenvalue weighted by molar-refractivity contribution is 5.69. The van der Waals surface area contributed by atoms with E-state index >= 15 is 0 Å². The maximum absolute atomic E-state index is 11.5. The number of hydrogen-bond donors (Lipinski definition) is 0. The summed E-state index contributed by atoms with van der Waals surface area (Å²) in [4.78, 5) is 23.0. The predicted molar refractivity (Wildman–Crippen MR) is 160 cm³/mol. The van der Waals surface area contributed by atoms with E-state index < -0.39 is 0 Å². The zero-order chi connectivity index (χ0) is 27.8. The molecule has 0 saturated heterocycles. The smallest absolute Gasteiger partial charge is 0.305 e. The van der Waals surface area contributed by atoms with Gasteiger partial charge in [-0.2, -0.15) is 0 Å². The van der Waals surface area contributed by atoms with Crippen LogP contribution >= 0.6 is 0 Å². The normalized spacial score (nSPS) is 10.3. The molecule has 0 amide bonds. The van der Waals surface area contributed by atoms with Gasteiger partial charge in [-0.15, -0.1) is 0 Å². The minimum atomic E-state index is -0.0301. The molecule has 0 unspecified atom stereocenters. The topological polar surface area (TPSA) is 52.6 Å². The monoisotopic (exact) mass is 530 g/mol. The summed E-state index contributed by atoms with van der Waals surface area (Å²) in [7, 11) is 0. The van der Waals surface area contributed by atoms with Gasteiger partial charge < -0.3 is 9.47 Å². The standard InChI is InChI=1S/C34H58O4/c1-3-5-25-29-33(35)37-31-27-23-21-19-17-15-13-11-9-7-8-10-12-14-16-18-20-22-24-28-32-38-34(36)30-26-6-4-2/h3-6,11-32H2,1-2H3. The van der Waals surface area contributed by atoms with E-state index in [1.807, 2.05) is 0 Å². The van der Waals surface area contributed by atoms with Crippen molar-refractivity contribution in [2.75, 3.05) is 13.2 Å². The molecule has 0 bridgehead atoms. The Hall–Kier alpha value is -1.94. The van der Waals surface area contributed by atoms with E-state index in [-0.39, 0.29) is 11.9 Å². The Morgan fingerprint density at radius 2 is 0.789 bits per heavy atom. The van der Waals surface area contributed by atoms with Crippen molar-refractivity contribution in [3.63, 3.8) is 0 Å². The van der Waals surface area contributed by atoms with E-state index in [2.05, 4.69) is 37.5 Å². The average molecular weight is 531 g/mol. The fraction of sp³-hybridized carbons (Fsp3) is 0.824. The Kier molecular flexibility index (Phi) is 29.7. The molecule has 0 radical (unpaired) electrons. The third kappa shape index (κ3) is 30.3. The molecular formula is C34H58O4. The van der Waals surface area contributed by atoms with E-state index in [1.165, 1.54) is 51.4 Å². The average Bonchev–Trinajstić information content (AvgIpc) is 2.91. The van der Waals surface area contributed by atoms with E-state index in [9.17, 15) is 9.59 Å². The minimum Gasteiger partial charge on any atom is -0.466 e. The van der Waals surface area contributed by atoms with Crippen molar-refractivity contribution >= 4 is 11.9 Å². The molecule has 0 aliphatic heterocycles. The van der Waals surface area contributed by atoms with Gasteiger partial charge in [-0.05, 0) is 50.4 Å². The van der Waals surface area contributed by atoms with Gasteiger partial charge >= 0.3 is 11.9 Å². The lowest BCUT2D eigenvalue weighted by Crippen LogP contribution is -2.05. The van der Waals surface area contributed by atoms with Crippen molar-refractivity contribution < 1.29 is 19.1 Å². The summed E-state index contributed by atoms with van der Waals surface area (Å²) in [5, 5.41) is 0. The molecule has 38 heavy (non-hydrogen) atoms. The van der Waals surface area contributed by atoms with Crippen LogP contribution in [0.15, 0.2) is 0 Å². The summed E-state index contributed by atoms with van der Waals surface area (Å²) in [6.07, 6.45) is 26.0. The molecule has 0 heterocycles. The maximum Gasteiger partial charge on any atom is 0.305 e. The van der Waals surface area contributed by atoms with E-state index in [4.69, 9.17) is 9.47 Å². The Labute approximate surface area is 235 Å². The van der Waals surface area contributed by atoms with Gasteiger partial charge in [0.1, 0.15) is 0 Å². The van der Waals surface area contributed by atoms with Gasteiger partial charge in [0.25, 0.3) is 0 Å². The quantitative estimate of drug-likeness (QED) is 0.0635. The lowest BCUT2D eigenvalue weighted by atomic mass is 10.1. The van der Waals surface area contributed by atoms with Gasteiger partial charge in [0.15, 0.2) is 0 Å². The minimum absolute atomic E-state index is 0.0301. The molecule has 4 heteroatoms. The highest BCUT2D eigenvalue weighted by Crippen LogP contribution is 2.10. The SMILES string of the molecule is CCCCCC(=O)OCCCCCCCCCC#CC#CCCCCCCCCCOC(=O)CCCCC. The molecule has 4 nitrogen and oxygen atoms in total. The summed E-state index contributed by atoms with van der Waals surface area (Å²) in [5.74, 6) is 12.3. The first-order chi connectivity index (χ1) is 18.7. The van der Waals surface area contributed by atoms with Crippen LogP contribution in [-0.4, -0.2) is 25.2 Å². The molecule has 0 spiro atoms. The maximum atomic E-state index is 11.5. The highest BCUT2D eigenvalue weighted by Gasteiger charge is 2.02. The van der Waals surface area contributed by atoms with Gasteiger partial charge in [0, 0.05) is 25.7 Å². The van der Waals surface area contributed by atoms with Gasteiger partial charge in [-0.3, -0.25) is 9.59 Å². The molecule has 0 aromatic rings. The van der Waals surface area contributed by atoms with Crippen LogP contribution in [-0.2, 0) is 19.1 Å². The van der Waals surface area contributed by atoms with E-state index in [0.717, 1.165) is 89.9 Å². The van der Waals surface area contributed by atoms with Crippen LogP contribution in [0.3, 0.4) is 0 Å². The molecule has 0 aliphatic rings. The van der Waals surface area contributed by atoms with Crippen molar-refractivity contribution in [1.29, 1.82) is 0 Å². The summed E-state index contributed by atoms with van der Waals surface area (Å²) in [6, 6.07) is 0. The largest absolute Gasteiger partial charge is 0.466 e. The third-order valence-electron chi connectivity index (χ3n) is 6.63. The Morgan fingerprint density at radius 3 is 1.16 bits per heavy atom. The first kappa shape index (κ1) is 36.1. The molecule has 0 saturated carbocycles. The lowest BCUT2D eigenvalue weighted by molar-refractivity contribution is -0.144. The molecule has 0 N–H and O–H groups in total. The Morgan fingerprint density at radius 1 is 0.447 bits per heavy atom. The molecule has 0 aromatic carbocycles. The second-order valence-electron chi connectivity index (χ2n) is 10.4. The molecule has 0 fully saturated rings. The fourth-order valence-corrected chi connectivity index (χ4v) is 4.17. The summed E-state index contributed by atoms with van der Waals surface area (Å²) >= 11 is 0. The van der Waals surface area contributed by atoms with Crippen molar-refractivity contribution in [2.24, 2.45) is 0 Å². The molecule has 0 atom stereocenters. The van der Waals surface area contributed by atoms with Crippen LogP contribution < -0.4 is 0 Å². The first-order valence-electron chi connectivity index (χ1n) is 16.0. The Bertz CT molecular complexity index is 603. The number of hydrogen-bond acceptors (Lipinski definition) is 4. The highest BCUT2D eigenvalue weighted by atomic mass is 16.5. The third-order valence-corrected chi connectivity index (χ3v) is 6.63. The van der Waals surface area contributed by atoms with Gasteiger partial charge in [0.05, 0.1) is 13.2 Å². The number of carbonyl (C=O) groups excluding carboxylic acids is 2. The van der Waals surface area contributed by atoms with Crippen molar-refractivity contribution in [1.82, 2.24) is 0 Å². The summed E-state index contributed by atoms with van der Waals surface area (Å²) in [5.41, 5.74) is 0. The van der Waals surface area contributed by atoms with Crippen LogP contribution in [0.2, 0.25) is 0 Å². The van der Waals surface area contributed by atoms with Crippen molar-refractivity contribution in [3.8, 4) is 23.7 Å². The number of rotatable bonds is 26. The molecule has 0 rings (SSSR count). The lowest BCUT2D eigenvalue weighted by Gasteiger charge is -2.04. The molecule has 218 valence electrons. The van der Waals surface area contributed by atoms with Gasteiger partial charge in [-0.1, -0.05) is 116 Å². The van der Waals surface area contributed by atoms with Crippen LogP contribution in [0.5, 0.6) is 0 Å². The van der Waals surface area contributed by atoms with Crippen LogP contribution in [0.4, 0.5) is 0 Å². The second kappa shape index (κ2) is 31.3. The Balaban J connectivity index is 3.31. The van der Waals surface area contributed by atoms with Crippen LogP contribution in [0, 0.1) is 23.7 Å². The molecule has 0 aliphatic carbocycles. The zero-order valence-corrected chi connectivity index (χ0v) is 25.0. The number of esters is 2. The van der Waals surface area contributed by atoms with Crippen LogP contribution in [0.25, 0.3) is 0 Å². The second-order valence-corrected chi connectivity index (χ2v) is 10.4. The zero-order valence-electron chi connectivity index (χ0n) is 25.0. The van der Waals surface area contributed by atoms with E-state index in [1.54, 1.807) is 0 Å². The molecule has 0 aromatic heterocycles. The summed E-state index contributed by atoms with van der Waals surface area (Å²) in [6.45, 7) is 5.45. The first-order valence-corrected chi connectivity index (χ1v) is 16.0. The predicted octanol–water partition coefficient (Wildman–Crippen LogP) is 9.48. The fourth-order valence-electron chi connectivity index (χ4n) is 4.17. The van der Waals surface area contributed by atoms with Gasteiger partial charge in [-0.25, -0.2) is 0 Å². The molecular weight excluding hydrogens is 472 g/mol. The number of unbranched alkanes of at least 4 members (excludes halogenated alkanes) is 18. The van der Waals surface area contributed by atoms with Crippen LogP contribution in [0.1, 0.15) is 168 Å². The van der Waals surface area contributed by atoms with Gasteiger partial charge in [0.2, 0.25) is 0 Å². The van der Waals surface area contributed by atoms with E-state index in [0.29, 0.717) is 26.1 Å².